The molecule has 3 rings (SSSR count). The second kappa shape index (κ2) is 9.19. The summed E-state index contributed by atoms with van der Waals surface area (Å²) in [4.78, 5) is 22.4. The van der Waals surface area contributed by atoms with E-state index in [-0.39, 0.29) is 18.2 Å². The molecule has 8 nitrogen and oxygen atoms in total. The van der Waals surface area contributed by atoms with Gasteiger partial charge in [-0.25, -0.2) is 4.99 Å². The van der Waals surface area contributed by atoms with Gasteiger partial charge in [0.15, 0.2) is 0 Å². The number of carboxylic acid groups (broad SMARTS) is 1. The van der Waals surface area contributed by atoms with E-state index in [1.165, 1.54) is 0 Å². The number of carbonyl (C=O) groups is 1. The number of benzene rings is 1. The number of nitrogen functional groups attached to an aromatic ring is 1. The van der Waals surface area contributed by atoms with Crippen LogP contribution >= 0.6 is 0 Å². The molecule has 0 bridgehead atoms. The maximum Gasteiger partial charge on any atom is 0.306 e. The van der Waals surface area contributed by atoms with Gasteiger partial charge in [-0.05, 0) is 50.5 Å². The predicted molar refractivity (Wildman–Crippen MR) is 115 cm³/mol. The Morgan fingerprint density at radius 2 is 2.10 bits per heavy atom. The standard InChI is InChI=1S/C21H29N5O3/c1-13(2)29-16-4-5-18(25-22)17(10-16)14(3)19-11-20(24-12-23-19)26-8-6-15(7-9-26)21(27)28/h4-5,10,12-13,15,20,25H,3,6-9,11,22H2,1-2H3,(H,27,28)/t20-/m1/s1. The van der Waals surface area contributed by atoms with Crippen LogP contribution in [0.2, 0.25) is 0 Å². The number of rotatable bonds is 7. The third kappa shape index (κ3) is 5.02. The summed E-state index contributed by atoms with van der Waals surface area (Å²) >= 11 is 0. The van der Waals surface area contributed by atoms with Gasteiger partial charge in [-0.1, -0.05) is 6.58 Å². The summed E-state index contributed by atoms with van der Waals surface area (Å²) < 4.78 is 5.81. The monoisotopic (exact) mass is 399 g/mol. The number of nitrogens with one attached hydrogen (secondary N) is 1. The van der Waals surface area contributed by atoms with Crippen LogP contribution < -0.4 is 16.0 Å². The van der Waals surface area contributed by atoms with Gasteiger partial charge in [0.25, 0.3) is 0 Å². The minimum atomic E-state index is -0.710. The van der Waals surface area contributed by atoms with Crippen LogP contribution in [0.4, 0.5) is 5.69 Å². The number of nitrogens with zero attached hydrogens (tertiary/aromatic N) is 3. The first kappa shape index (κ1) is 21.0. The molecule has 1 saturated heterocycles. The molecule has 1 aromatic rings. The van der Waals surface area contributed by atoms with Crippen molar-refractivity contribution in [3.05, 3.63) is 30.3 Å². The molecule has 1 aromatic carbocycles. The third-order valence-corrected chi connectivity index (χ3v) is 5.32. The number of allylic oxidation sites excluding steroid dienone is 1. The first-order valence-electron chi connectivity index (χ1n) is 9.91. The molecule has 0 unspecified atom stereocenters. The minimum absolute atomic E-state index is 0.0571. The summed E-state index contributed by atoms with van der Waals surface area (Å²) in [6.07, 6.45) is 3.48. The highest BCUT2D eigenvalue weighted by atomic mass is 16.5. The molecule has 0 aliphatic carbocycles. The topological polar surface area (TPSA) is 113 Å². The summed E-state index contributed by atoms with van der Waals surface area (Å²) in [7, 11) is 0. The molecule has 2 aliphatic rings. The Morgan fingerprint density at radius 3 is 2.72 bits per heavy atom. The molecule has 29 heavy (non-hydrogen) atoms. The zero-order valence-corrected chi connectivity index (χ0v) is 17.0. The number of anilines is 1. The van der Waals surface area contributed by atoms with Crippen molar-refractivity contribution in [2.45, 2.75) is 45.4 Å². The first-order valence-corrected chi connectivity index (χ1v) is 9.91. The van der Waals surface area contributed by atoms with E-state index in [1.54, 1.807) is 6.34 Å². The summed E-state index contributed by atoms with van der Waals surface area (Å²) in [6, 6.07) is 5.65. The zero-order chi connectivity index (χ0) is 21.0. The second-order valence-corrected chi connectivity index (χ2v) is 7.67. The molecule has 8 heteroatoms. The van der Waals surface area contributed by atoms with E-state index < -0.39 is 5.97 Å². The van der Waals surface area contributed by atoms with E-state index in [0.29, 0.717) is 32.4 Å². The number of piperidine rings is 1. The predicted octanol–water partition coefficient (Wildman–Crippen LogP) is 2.77. The lowest BCUT2D eigenvalue weighted by molar-refractivity contribution is -0.143. The average molecular weight is 399 g/mol. The van der Waals surface area contributed by atoms with Crippen LogP contribution in [-0.2, 0) is 4.79 Å². The number of hydrogen-bond acceptors (Lipinski definition) is 7. The van der Waals surface area contributed by atoms with Crippen molar-refractivity contribution in [3.63, 3.8) is 0 Å². The maximum atomic E-state index is 11.2. The number of hydrogen-bond donors (Lipinski definition) is 3. The number of carboxylic acids is 1. The Morgan fingerprint density at radius 1 is 1.38 bits per heavy atom. The fourth-order valence-corrected chi connectivity index (χ4v) is 3.73. The quantitative estimate of drug-likeness (QED) is 0.480. The van der Waals surface area contributed by atoms with Gasteiger partial charge in [0, 0.05) is 25.1 Å². The molecule has 156 valence electrons. The van der Waals surface area contributed by atoms with Gasteiger partial charge in [0.2, 0.25) is 0 Å². The molecular formula is C21H29N5O3. The molecule has 4 N–H and O–H groups in total. The lowest BCUT2D eigenvalue weighted by Crippen LogP contribution is -2.43. The number of hydrazine groups is 1. The Kier molecular flexibility index (Phi) is 6.66. The molecular weight excluding hydrogens is 370 g/mol. The van der Waals surface area contributed by atoms with Crippen molar-refractivity contribution in [1.82, 2.24) is 4.90 Å². The Bertz CT molecular complexity index is 826. The number of nitrogens with two attached hydrogens (primary N) is 1. The van der Waals surface area contributed by atoms with E-state index in [0.717, 1.165) is 28.3 Å². The summed E-state index contributed by atoms with van der Waals surface area (Å²) in [6.45, 7) is 9.63. The zero-order valence-electron chi connectivity index (χ0n) is 17.0. The first-order chi connectivity index (χ1) is 13.9. The SMILES string of the molecule is C=C(C1=NC=N[C@H](N2CCC(C(=O)O)CC2)C1)c1cc(OC(C)C)ccc1NN. The number of aliphatic carboxylic acids is 1. The molecule has 2 aliphatic heterocycles. The Labute approximate surface area is 171 Å². The lowest BCUT2D eigenvalue weighted by Gasteiger charge is -2.35. The second-order valence-electron chi connectivity index (χ2n) is 7.67. The third-order valence-electron chi connectivity index (χ3n) is 5.32. The smallest absolute Gasteiger partial charge is 0.306 e. The summed E-state index contributed by atoms with van der Waals surface area (Å²) in [5.41, 5.74) is 5.90. The van der Waals surface area contributed by atoms with Gasteiger partial charge in [-0.15, -0.1) is 0 Å². The largest absolute Gasteiger partial charge is 0.491 e. The average Bonchev–Trinajstić information content (AvgIpc) is 2.73. The molecule has 0 saturated carbocycles. The van der Waals surface area contributed by atoms with Crippen molar-refractivity contribution in [1.29, 1.82) is 0 Å². The van der Waals surface area contributed by atoms with E-state index in [1.807, 2.05) is 32.0 Å². The van der Waals surface area contributed by atoms with Gasteiger partial charge in [0.05, 0.1) is 23.4 Å². The van der Waals surface area contributed by atoms with Gasteiger partial charge in [-0.3, -0.25) is 20.5 Å². The molecule has 0 radical (unpaired) electrons. The van der Waals surface area contributed by atoms with Crippen molar-refractivity contribution >= 4 is 29.3 Å². The van der Waals surface area contributed by atoms with Crippen molar-refractivity contribution < 1.29 is 14.6 Å². The highest BCUT2D eigenvalue weighted by molar-refractivity contribution is 6.26. The summed E-state index contributed by atoms with van der Waals surface area (Å²) in [5.74, 6) is 5.47. The molecule has 1 atom stereocenters. The fourth-order valence-electron chi connectivity index (χ4n) is 3.73. The van der Waals surface area contributed by atoms with Gasteiger partial charge < -0.3 is 15.3 Å². The van der Waals surface area contributed by atoms with E-state index in [4.69, 9.17) is 10.6 Å². The van der Waals surface area contributed by atoms with Crippen molar-refractivity contribution in [2.24, 2.45) is 21.7 Å². The van der Waals surface area contributed by atoms with Gasteiger partial charge in [0.1, 0.15) is 18.3 Å². The van der Waals surface area contributed by atoms with Crippen LogP contribution in [-0.4, -0.2) is 53.4 Å². The highest BCUT2D eigenvalue weighted by Gasteiger charge is 2.30. The van der Waals surface area contributed by atoms with Crippen molar-refractivity contribution in [2.75, 3.05) is 18.5 Å². The molecule has 1 fully saturated rings. The van der Waals surface area contributed by atoms with E-state index in [9.17, 15) is 9.90 Å². The van der Waals surface area contributed by atoms with Crippen molar-refractivity contribution in [3.8, 4) is 5.75 Å². The van der Waals surface area contributed by atoms with E-state index >= 15 is 0 Å². The van der Waals surface area contributed by atoms with Crippen LogP contribution in [0.25, 0.3) is 5.57 Å². The van der Waals surface area contributed by atoms with Crippen LogP contribution in [0, 0.1) is 5.92 Å². The molecule has 0 amide bonds. The number of ether oxygens (including phenoxy) is 1. The normalized spacial score (nSPS) is 20.4. The lowest BCUT2D eigenvalue weighted by atomic mass is 9.94. The van der Waals surface area contributed by atoms with Crippen LogP contribution in [0.5, 0.6) is 5.75 Å². The van der Waals surface area contributed by atoms with Gasteiger partial charge >= 0.3 is 5.97 Å². The van der Waals surface area contributed by atoms with Crippen LogP contribution in [0.1, 0.15) is 38.7 Å². The summed E-state index contributed by atoms with van der Waals surface area (Å²) in [5, 5.41) is 9.20. The highest BCUT2D eigenvalue weighted by Crippen LogP contribution is 2.31. The molecule has 0 aromatic heterocycles. The number of likely N-dealkylation sites (tertiary alicyclic amines) is 1. The molecule has 2 heterocycles. The van der Waals surface area contributed by atoms with Crippen LogP contribution in [0.3, 0.4) is 0 Å². The Balaban J connectivity index is 1.73. The minimum Gasteiger partial charge on any atom is -0.491 e. The van der Waals surface area contributed by atoms with E-state index in [2.05, 4.69) is 26.9 Å². The maximum absolute atomic E-state index is 11.2. The molecule has 0 spiro atoms. The van der Waals surface area contributed by atoms with Gasteiger partial charge in [-0.2, -0.15) is 0 Å². The fraction of sp³-hybridized carbons (Fsp3) is 0.476. The number of aliphatic imine (C=N–C) groups is 2. The van der Waals surface area contributed by atoms with Crippen LogP contribution in [0.15, 0.2) is 34.8 Å². The Hall–Kier alpha value is -2.71.